The van der Waals surface area contributed by atoms with Crippen LogP contribution in [0.15, 0.2) is 30.3 Å². The standard InChI is InChI=1S/C18H30N2/c19-20-18(15-17-11-4-1-2-5-12-17)14-8-13-16-9-6-3-7-10-16/h3,6-7,9-10,17-18,20H,1-2,4-5,8,11-15,19H2. The minimum absolute atomic E-state index is 0.502. The highest BCUT2D eigenvalue weighted by molar-refractivity contribution is 5.14. The van der Waals surface area contributed by atoms with Crippen LogP contribution in [-0.2, 0) is 6.42 Å². The Morgan fingerprint density at radius 2 is 1.75 bits per heavy atom. The highest BCUT2D eigenvalue weighted by Gasteiger charge is 2.17. The van der Waals surface area contributed by atoms with E-state index in [1.165, 1.54) is 69.8 Å². The Kier molecular flexibility index (Phi) is 7.10. The van der Waals surface area contributed by atoms with Crippen LogP contribution in [0.1, 0.15) is 63.4 Å². The van der Waals surface area contributed by atoms with Crippen LogP contribution in [0, 0.1) is 5.92 Å². The van der Waals surface area contributed by atoms with Crippen LogP contribution in [0.25, 0.3) is 0 Å². The lowest BCUT2D eigenvalue weighted by Crippen LogP contribution is -2.36. The van der Waals surface area contributed by atoms with Gasteiger partial charge in [0.05, 0.1) is 0 Å². The monoisotopic (exact) mass is 274 g/mol. The SMILES string of the molecule is NNC(CCCc1ccccc1)CC1CCCCCC1. The molecule has 2 nitrogen and oxygen atoms in total. The number of nitrogens with two attached hydrogens (primary N) is 1. The van der Waals surface area contributed by atoms with Gasteiger partial charge < -0.3 is 0 Å². The zero-order valence-electron chi connectivity index (χ0n) is 12.7. The second-order valence-electron chi connectivity index (χ2n) is 6.33. The van der Waals surface area contributed by atoms with Gasteiger partial charge in [0.1, 0.15) is 0 Å². The Morgan fingerprint density at radius 3 is 2.40 bits per heavy atom. The molecule has 1 aliphatic carbocycles. The first-order chi connectivity index (χ1) is 9.88. The number of rotatable bonds is 7. The van der Waals surface area contributed by atoms with Crippen molar-refractivity contribution in [3.63, 3.8) is 0 Å². The molecule has 3 N–H and O–H groups in total. The summed E-state index contributed by atoms with van der Waals surface area (Å²) < 4.78 is 0. The van der Waals surface area contributed by atoms with Gasteiger partial charge in [-0.3, -0.25) is 11.3 Å². The average molecular weight is 274 g/mol. The second kappa shape index (κ2) is 9.15. The first-order valence-electron chi connectivity index (χ1n) is 8.38. The molecule has 1 aromatic carbocycles. The molecule has 0 saturated heterocycles. The van der Waals surface area contributed by atoms with Crippen LogP contribution in [0.2, 0.25) is 0 Å². The van der Waals surface area contributed by atoms with Crippen molar-refractivity contribution < 1.29 is 0 Å². The molecule has 0 aliphatic heterocycles. The van der Waals surface area contributed by atoms with E-state index in [9.17, 15) is 0 Å². The van der Waals surface area contributed by atoms with Crippen LogP contribution in [0.4, 0.5) is 0 Å². The summed E-state index contributed by atoms with van der Waals surface area (Å²) in [7, 11) is 0. The maximum Gasteiger partial charge on any atom is 0.0213 e. The topological polar surface area (TPSA) is 38.0 Å². The first-order valence-corrected chi connectivity index (χ1v) is 8.38. The average Bonchev–Trinajstić information content (AvgIpc) is 2.76. The molecule has 20 heavy (non-hydrogen) atoms. The molecule has 0 spiro atoms. The Balaban J connectivity index is 1.69. The molecule has 2 heteroatoms. The molecule has 1 aromatic rings. The molecule has 0 aromatic heterocycles. The third-order valence-electron chi connectivity index (χ3n) is 4.69. The molecule has 0 bridgehead atoms. The Labute approximate surface area is 124 Å². The number of nitrogens with one attached hydrogen (secondary N) is 1. The summed E-state index contributed by atoms with van der Waals surface area (Å²) in [4.78, 5) is 0. The highest BCUT2D eigenvalue weighted by Crippen LogP contribution is 2.27. The van der Waals surface area contributed by atoms with Crippen molar-refractivity contribution in [3.8, 4) is 0 Å². The molecular formula is C18H30N2. The van der Waals surface area contributed by atoms with Gasteiger partial charge in [0.2, 0.25) is 0 Å². The minimum Gasteiger partial charge on any atom is -0.271 e. The predicted molar refractivity (Wildman–Crippen MR) is 86.3 cm³/mol. The van der Waals surface area contributed by atoms with E-state index in [-0.39, 0.29) is 0 Å². The van der Waals surface area contributed by atoms with Crippen LogP contribution in [0.3, 0.4) is 0 Å². The van der Waals surface area contributed by atoms with Gasteiger partial charge in [-0.25, -0.2) is 0 Å². The Hall–Kier alpha value is -0.860. The summed E-state index contributed by atoms with van der Waals surface area (Å²) in [6.07, 6.45) is 13.4. The molecule has 0 heterocycles. The number of benzene rings is 1. The predicted octanol–water partition coefficient (Wildman–Crippen LogP) is 4.20. The van der Waals surface area contributed by atoms with Crippen LogP contribution in [-0.4, -0.2) is 6.04 Å². The molecule has 1 unspecified atom stereocenters. The number of hydrazine groups is 1. The van der Waals surface area contributed by atoms with E-state index in [0.717, 1.165) is 5.92 Å². The lowest BCUT2D eigenvalue weighted by Gasteiger charge is -2.22. The van der Waals surface area contributed by atoms with Gasteiger partial charge >= 0.3 is 0 Å². The van der Waals surface area contributed by atoms with Gasteiger partial charge in [0.15, 0.2) is 0 Å². The van der Waals surface area contributed by atoms with Gasteiger partial charge in [-0.1, -0.05) is 68.9 Å². The van der Waals surface area contributed by atoms with Crippen LogP contribution < -0.4 is 11.3 Å². The molecular weight excluding hydrogens is 244 g/mol. The van der Waals surface area contributed by atoms with Crippen molar-refractivity contribution in [1.29, 1.82) is 0 Å². The fourth-order valence-corrected chi connectivity index (χ4v) is 3.47. The van der Waals surface area contributed by atoms with Gasteiger partial charge in [0.25, 0.3) is 0 Å². The molecule has 1 saturated carbocycles. The van der Waals surface area contributed by atoms with Crippen molar-refractivity contribution in [1.82, 2.24) is 5.43 Å². The first kappa shape index (κ1) is 15.5. The Bertz CT molecular complexity index is 342. The van der Waals surface area contributed by atoms with E-state index < -0.39 is 0 Å². The largest absolute Gasteiger partial charge is 0.271 e. The third kappa shape index (κ3) is 5.64. The van der Waals surface area contributed by atoms with E-state index in [0.29, 0.717) is 6.04 Å². The Morgan fingerprint density at radius 1 is 1.05 bits per heavy atom. The van der Waals surface area contributed by atoms with Gasteiger partial charge in [0, 0.05) is 6.04 Å². The fourth-order valence-electron chi connectivity index (χ4n) is 3.47. The van der Waals surface area contributed by atoms with Crippen molar-refractivity contribution in [2.45, 2.75) is 70.3 Å². The summed E-state index contributed by atoms with van der Waals surface area (Å²) >= 11 is 0. The molecule has 112 valence electrons. The third-order valence-corrected chi connectivity index (χ3v) is 4.69. The molecule has 0 amide bonds. The maximum absolute atomic E-state index is 5.76. The summed E-state index contributed by atoms with van der Waals surface area (Å²) in [6.45, 7) is 0. The summed E-state index contributed by atoms with van der Waals surface area (Å²) in [6, 6.07) is 11.3. The summed E-state index contributed by atoms with van der Waals surface area (Å²) in [5, 5.41) is 0. The number of hydrogen-bond donors (Lipinski definition) is 2. The van der Waals surface area contributed by atoms with E-state index in [1.54, 1.807) is 0 Å². The summed E-state index contributed by atoms with van der Waals surface area (Å²) in [5.74, 6) is 6.66. The van der Waals surface area contributed by atoms with Gasteiger partial charge in [-0.05, 0) is 37.2 Å². The molecule has 1 aliphatic rings. The van der Waals surface area contributed by atoms with Crippen LogP contribution >= 0.6 is 0 Å². The zero-order chi connectivity index (χ0) is 14.0. The fraction of sp³-hybridized carbons (Fsp3) is 0.667. The second-order valence-corrected chi connectivity index (χ2v) is 6.33. The molecule has 1 atom stereocenters. The normalized spacial score (nSPS) is 18.6. The van der Waals surface area contributed by atoms with E-state index in [2.05, 4.69) is 35.8 Å². The quantitative estimate of drug-likeness (QED) is 0.444. The lowest BCUT2D eigenvalue weighted by molar-refractivity contribution is 0.338. The molecule has 1 fully saturated rings. The van der Waals surface area contributed by atoms with Crippen molar-refractivity contribution >= 4 is 0 Å². The highest BCUT2D eigenvalue weighted by atomic mass is 15.2. The molecule has 0 radical (unpaired) electrons. The zero-order valence-corrected chi connectivity index (χ0v) is 12.7. The van der Waals surface area contributed by atoms with Crippen molar-refractivity contribution in [2.24, 2.45) is 11.8 Å². The van der Waals surface area contributed by atoms with E-state index in [4.69, 9.17) is 5.84 Å². The number of aryl methyl sites for hydroxylation is 1. The van der Waals surface area contributed by atoms with Crippen LogP contribution in [0.5, 0.6) is 0 Å². The summed E-state index contributed by atoms with van der Waals surface area (Å²) in [5.41, 5.74) is 4.50. The van der Waals surface area contributed by atoms with Crippen molar-refractivity contribution in [2.75, 3.05) is 0 Å². The van der Waals surface area contributed by atoms with E-state index >= 15 is 0 Å². The van der Waals surface area contributed by atoms with Crippen molar-refractivity contribution in [3.05, 3.63) is 35.9 Å². The minimum atomic E-state index is 0.502. The molecule has 2 rings (SSSR count). The van der Waals surface area contributed by atoms with Gasteiger partial charge in [-0.2, -0.15) is 0 Å². The maximum atomic E-state index is 5.76. The number of hydrogen-bond acceptors (Lipinski definition) is 2. The van der Waals surface area contributed by atoms with Gasteiger partial charge in [-0.15, -0.1) is 0 Å². The lowest BCUT2D eigenvalue weighted by atomic mass is 9.90. The van der Waals surface area contributed by atoms with E-state index in [1.807, 2.05) is 0 Å². The smallest absolute Gasteiger partial charge is 0.0213 e.